The number of carbonyl (C=O) groups excluding carboxylic acids is 3. The first kappa shape index (κ1) is 28.4. The summed E-state index contributed by atoms with van der Waals surface area (Å²) in [6.45, 7) is 12.1. The van der Waals surface area contributed by atoms with Crippen molar-refractivity contribution in [2.45, 2.75) is 51.4 Å². The Labute approximate surface area is 236 Å². The molecular formula is C29H44N8O3. The van der Waals surface area contributed by atoms with E-state index in [1.54, 1.807) is 47.7 Å². The molecule has 3 fully saturated rings. The molecule has 1 aliphatic carbocycles. The second kappa shape index (κ2) is 10.7. The quantitative estimate of drug-likeness (QED) is 0.400. The van der Waals surface area contributed by atoms with Crippen LogP contribution in [0.2, 0.25) is 0 Å². The van der Waals surface area contributed by atoms with Gasteiger partial charge in [-0.05, 0) is 82.2 Å². The average Bonchev–Trinajstić information content (AvgIpc) is 3.38. The molecule has 0 spiro atoms. The molecule has 4 aliphatic rings. The summed E-state index contributed by atoms with van der Waals surface area (Å²) in [5.41, 5.74) is 11.8. The van der Waals surface area contributed by atoms with Gasteiger partial charge in [-0.25, -0.2) is 9.59 Å². The lowest BCUT2D eigenvalue weighted by molar-refractivity contribution is -0.137. The first-order chi connectivity index (χ1) is 18.9. The van der Waals surface area contributed by atoms with Gasteiger partial charge in [-0.3, -0.25) is 14.6 Å². The van der Waals surface area contributed by atoms with Crippen molar-refractivity contribution in [3.8, 4) is 0 Å². The normalized spacial score (nSPS) is 29.2. The molecule has 1 aromatic carbocycles. The molecule has 3 heterocycles. The highest BCUT2D eigenvalue weighted by atomic mass is 16.2. The molecule has 0 aromatic heterocycles. The van der Waals surface area contributed by atoms with Crippen molar-refractivity contribution in [1.82, 2.24) is 25.3 Å². The topological polar surface area (TPSA) is 140 Å². The fourth-order valence-corrected chi connectivity index (χ4v) is 6.37. The summed E-state index contributed by atoms with van der Waals surface area (Å²) in [5.74, 6) is 2.19. The number of fused-ring (bicyclic) bond motifs is 1. The van der Waals surface area contributed by atoms with Crippen LogP contribution in [-0.4, -0.2) is 95.7 Å². The number of likely N-dealkylation sites (tertiary alicyclic amines) is 1. The minimum Gasteiger partial charge on any atom is -0.338 e. The molecule has 3 aliphatic heterocycles. The van der Waals surface area contributed by atoms with Gasteiger partial charge in [0, 0.05) is 51.5 Å². The van der Waals surface area contributed by atoms with Crippen molar-refractivity contribution in [2.24, 2.45) is 29.2 Å². The molecular weight excluding hydrogens is 508 g/mol. The Hall–Kier alpha value is -3.15. The van der Waals surface area contributed by atoms with Crippen LogP contribution in [0, 0.1) is 17.8 Å². The summed E-state index contributed by atoms with van der Waals surface area (Å²) in [5, 5.41) is 5.82. The van der Waals surface area contributed by atoms with Gasteiger partial charge in [0.25, 0.3) is 0 Å². The summed E-state index contributed by atoms with van der Waals surface area (Å²) in [7, 11) is 0. The number of anilines is 1. The lowest BCUT2D eigenvalue weighted by Gasteiger charge is -2.40. The highest BCUT2D eigenvalue weighted by Gasteiger charge is 2.55. The standard InChI is InChI=1S/C29H44N8O3/c1-19(36-17-23-22(16-30)24(23)18-36)15-20-5-7-21(8-6-20)37-10-9-29(4,33-27(37)40)32-26(39)35-13-11-34(12-14-35)25(38)28(2,3)31/h5-10,19,22-24H,11-18,30-31H2,1-4H3,(H,32,39)(H,33,40). The molecule has 5 amide bonds. The van der Waals surface area contributed by atoms with Gasteiger partial charge in [-0.1, -0.05) is 12.1 Å². The van der Waals surface area contributed by atoms with Gasteiger partial charge in [-0.2, -0.15) is 0 Å². The SMILES string of the molecule is CC(Cc1ccc(N2C=CC(C)(NC(=O)N3CCN(C(=O)C(C)(C)N)CC3)NC2=O)cc1)N1CC2C(CN)C2C1. The highest BCUT2D eigenvalue weighted by Crippen LogP contribution is 2.51. The molecule has 4 unspecified atom stereocenters. The summed E-state index contributed by atoms with van der Waals surface area (Å²) in [4.78, 5) is 45.8. The van der Waals surface area contributed by atoms with E-state index in [1.165, 1.54) is 5.56 Å². The van der Waals surface area contributed by atoms with E-state index < -0.39 is 11.2 Å². The van der Waals surface area contributed by atoms with Crippen molar-refractivity contribution in [1.29, 1.82) is 0 Å². The minimum atomic E-state index is -1.04. The smallest absolute Gasteiger partial charge is 0.328 e. The monoisotopic (exact) mass is 552 g/mol. The molecule has 11 nitrogen and oxygen atoms in total. The average molecular weight is 553 g/mol. The maximum Gasteiger partial charge on any atom is 0.328 e. The third kappa shape index (κ3) is 5.82. The first-order valence-corrected chi connectivity index (χ1v) is 14.4. The van der Waals surface area contributed by atoms with Crippen LogP contribution in [0.15, 0.2) is 36.5 Å². The molecule has 1 saturated carbocycles. The van der Waals surface area contributed by atoms with Crippen LogP contribution in [0.4, 0.5) is 15.3 Å². The maximum atomic E-state index is 13.0. The van der Waals surface area contributed by atoms with Crippen LogP contribution < -0.4 is 27.0 Å². The van der Waals surface area contributed by atoms with E-state index in [0.717, 1.165) is 49.5 Å². The van der Waals surface area contributed by atoms with E-state index in [9.17, 15) is 14.4 Å². The van der Waals surface area contributed by atoms with Crippen molar-refractivity contribution < 1.29 is 14.4 Å². The van der Waals surface area contributed by atoms with Gasteiger partial charge in [0.1, 0.15) is 5.66 Å². The van der Waals surface area contributed by atoms with Crippen LogP contribution >= 0.6 is 0 Å². The lowest BCUT2D eigenvalue weighted by Crippen LogP contribution is -2.65. The molecule has 218 valence electrons. The van der Waals surface area contributed by atoms with E-state index in [1.807, 2.05) is 12.1 Å². The van der Waals surface area contributed by atoms with Crippen LogP contribution in [0.1, 0.15) is 33.3 Å². The van der Waals surface area contributed by atoms with E-state index in [4.69, 9.17) is 11.5 Å². The summed E-state index contributed by atoms with van der Waals surface area (Å²) < 4.78 is 0. The number of carbonyl (C=O) groups is 3. The first-order valence-electron chi connectivity index (χ1n) is 14.4. The molecule has 2 saturated heterocycles. The zero-order chi connectivity index (χ0) is 28.8. The molecule has 0 radical (unpaired) electrons. The number of amides is 5. The van der Waals surface area contributed by atoms with Gasteiger partial charge in [0.15, 0.2) is 0 Å². The number of piperidine rings is 1. The van der Waals surface area contributed by atoms with Crippen molar-refractivity contribution in [3.05, 3.63) is 42.1 Å². The van der Waals surface area contributed by atoms with Gasteiger partial charge >= 0.3 is 12.1 Å². The van der Waals surface area contributed by atoms with Crippen molar-refractivity contribution >= 4 is 23.7 Å². The van der Waals surface area contributed by atoms with E-state index in [-0.39, 0.29) is 18.0 Å². The molecule has 6 N–H and O–H groups in total. The molecule has 5 rings (SSSR count). The van der Waals surface area contributed by atoms with E-state index in [2.05, 4.69) is 34.6 Å². The minimum absolute atomic E-state index is 0.131. The number of nitrogens with two attached hydrogens (primary N) is 2. The summed E-state index contributed by atoms with van der Waals surface area (Å²) in [6, 6.07) is 7.93. The molecule has 11 heteroatoms. The third-order valence-corrected chi connectivity index (χ3v) is 8.95. The number of hydrogen-bond acceptors (Lipinski definition) is 6. The number of urea groups is 2. The number of benzene rings is 1. The zero-order valence-corrected chi connectivity index (χ0v) is 24.1. The Bertz CT molecular complexity index is 1140. The zero-order valence-electron chi connectivity index (χ0n) is 24.1. The fourth-order valence-electron chi connectivity index (χ4n) is 6.37. The molecule has 0 bridgehead atoms. The Morgan fingerprint density at radius 3 is 2.25 bits per heavy atom. The molecule has 4 atom stereocenters. The van der Waals surface area contributed by atoms with Gasteiger partial charge < -0.3 is 31.9 Å². The van der Waals surface area contributed by atoms with Gasteiger partial charge in [-0.15, -0.1) is 0 Å². The van der Waals surface area contributed by atoms with Crippen molar-refractivity contribution in [3.63, 3.8) is 0 Å². The maximum absolute atomic E-state index is 13.0. The molecule has 1 aromatic rings. The second-order valence-corrected chi connectivity index (χ2v) is 12.7. The Balaban J connectivity index is 1.12. The summed E-state index contributed by atoms with van der Waals surface area (Å²) in [6.07, 6.45) is 4.43. The largest absolute Gasteiger partial charge is 0.338 e. The second-order valence-electron chi connectivity index (χ2n) is 12.7. The Morgan fingerprint density at radius 1 is 1.10 bits per heavy atom. The molecule has 40 heavy (non-hydrogen) atoms. The van der Waals surface area contributed by atoms with Crippen LogP contribution in [0.25, 0.3) is 0 Å². The Kier molecular flexibility index (Phi) is 7.58. The third-order valence-electron chi connectivity index (χ3n) is 8.95. The lowest BCUT2D eigenvalue weighted by atomic mass is 10.0. The number of piperazine rings is 1. The predicted molar refractivity (Wildman–Crippen MR) is 154 cm³/mol. The number of rotatable bonds is 7. The Morgan fingerprint density at radius 2 is 1.70 bits per heavy atom. The number of nitrogens with one attached hydrogen (secondary N) is 2. The fraction of sp³-hybridized carbons (Fsp3) is 0.621. The summed E-state index contributed by atoms with van der Waals surface area (Å²) >= 11 is 0. The highest BCUT2D eigenvalue weighted by molar-refractivity contribution is 5.96. The van der Waals surface area contributed by atoms with Crippen molar-refractivity contribution in [2.75, 3.05) is 50.7 Å². The number of hydrogen-bond donors (Lipinski definition) is 4. The van der Waals surface area contributed by atoms with E-state index in [0.29, 0.717) is 32.2 Å². The predicted octanol–water partition coefficient (Wildman–Crippen LogP) is 1.10. The van der Waals surface area contributed by atoms with Crippen LogP contribution in [0.3, 0.4) is 0 Å². The number of nitrogens with zero attached hydrogens (tertiary/aromatic N) is 4. The van der Waals surface area contributed by atoms with Crippen LogP contribution in [0.5, 0.6) is 0 Å². The van der Waals surface area contributed by atoms with E-state index >= 15 is 0 Å². The van der Waals surface area contributed by atoms with Crippen LogP contribution in [-0.2, 0) is 11.2 Å². The van der Waals surface area contributed by atoms with Gasteiger partial charge in [0.2, 0.25) is 5.91 Å². The van der Waals surface area contributed by atoms with Gasteiger partial charge in [0.05, 0.1) is 11.2 Å².